The van der Waals surface area contributed by atoms with Crippen LogP contribution in [0.4, 0.5) is 0 Å². The molecule has 0 spiro atoms. The number of hydrogen-bond donors (Lipinski definition) is 0. The second-order valence-electron chi connectivity index (χ2n) is 4.42. The van der Waals surface area contributed by atoms with Crippen LogP contribution in [0.25, 0.3) is 0 Å². The Balaban J connectivity index is 1.90. The van der Waals surface area contributed by atoms with Crippen molar-refractivity contribution >= 4 is 17.1 Å². The minimum absolute atomic E-state index is 0.275. The lowest BCUT2D eigenvalue weighted by Gasteiger charge is -2.07. The summed E-state index contributed by atoms with van der Waals surface area (Å²) in [4.78, 5) is 14.4. The van der Waals surface area contributed by atoms with Gasteiger partial charge in [0.25, 0.3) is 0 Å². The zero-order valence-electron chi connectivity index (χ0n) is 9.91. The normalized spacial score (nSPS) is 20.2. The van der Waals surface area contributed by atoms with Crippen molar-refractivity contribution in [1.29, 1.82) is 0 Å². The van der Waals surface area contributed by atoms with Gasteiger partial charge < -0.3 is 4.74 Å². The van der Waals surface area contributed by atoms with E-state index in [2.05, 4.69) is 6.92 Å². The van der Waals surface area contributed by atoms with Gasteiger partial charge in [-0.3, -0.25) is 4.79 Å². The highest BCUT2D eigenvalue weighted by atomic mass is 32.1. The maximum atomic E-state index is 12.0. The molecule has 16 heavy (non-hydrogen) atoms. The average Bonchev–Trinajstić information content (AvgIpc) is 2.84. The molecule has 2 heterocycles. The van der Waals surface area contributed by atoms with E-state index in [1.54, 1.807) is 11.3 Å². The molecule has 0 aliphatic carbocycles. The Morgan fingerprint density at radius 2 is 2.38 bits per heavy atom. The van der Waals surface area contributed by atoms with Gasteiger partial charge in [-0.05, 0) is 39.2 Å². The molecule has 0 saturated carbocycles. The van der Waals surface area contributed by atoms with Crippen LogP contribution in [0.2, 0.25) is 0 Å². The second kappa shape index (κ2) is 5.11. The molecule has 1 aromatic heterocycles. The van der Waals surface area contributed by atoms with Crippen molar-refractivity contribution in [2.75, 3.05) is 6.61 Å². The van der Waals surface area contributed by atoms with E-state index in [-0.39, 0.29) is 5.78 Å². The quantitative estimate of drug-likeness (QED) is 0.750. The molecule has 2 rings (SSSR count). The molecule has 1 unspecified atom stereocenters. The first-order chi connectivity index (χ1) is 7.66. The Morgan fingerprint density at radius 1 is 1.56 bits per heavy atom. The molecule has 1 saturated heterocycles. The zero-order chi connectivity index (χ0) is 11.5. The van der Waals surface area contributed by atoms with E-state index in [0.29, 0.717) is 12.5 Å². The van der Waals surface area contributed by atoms with Gasteiger partial charge in [-0.25, -0.2) is 0 Å². The molecule has 0 N–H and O–H groups in total. The third-order valence-electron chi connectivity index (χ3n) is 3.06. The number of carbonyl (C=O) groups is 1. The number of carbonyl (C=O) groups excluding carboxylic acids is 1. The van der Waals surface area contributed by atoms with E-state index < -0.39 is 0 Å². The molecule has 2 nitrogen and oxygen atoms in total. The van der Waals surface area contributed by atoms with Gasteiger partial charge >= 0.3 is 0 Å². The Hall–Kier alpha value is -0.670. The van der Waals surface area contributed by atoms with E-state index in [4.69, 9.17) is 4.74 Å². The van der Waals surface area contributed by atoms with Crippen LogP contribution >= 0.6 is 11.3 Å². The van der Waals surface area contributed by atoms with Gasteiger partial charge in [0, 0.05) is 28.3 Å². The van der Waals surface area contributed by atoms with Crippen LogP contribution < -0.4 is 0 Å². The highest BCUT2D eigenvalue weighted by molar-refractivity contribution is 7.12. The summed E-state index contributed by atoms with van der Waals surface area (Å²) in [6, 6.07) is 2.01. The maximum absolute atomic E-state index is 12.0. The van der Waals surface area contributed by atoms with E-state index in [1.165, 1.54) is 4.88 Å². The minimum atomic E-state index is 0.275. The molecule has 1 aliphatic rings. The van der Waals surface area contributed by atoms with Crippen molar-refractivity contribution in [3.05, 3.63) is 21.4 Å². The van der Waals surface area contributed by atoms with Crippen LogP contribution in [-0.4, -0.2) is 18.5 Å². The van der Waals surface area contributed by atoms with Crippen LogP contribution in [0.15, 0.2) is 6.07 Å². The lowest BCUT2D eigenvalue weighted by atomic mass is 10.0. The Morgan fingerprint density at radius 3 is 2.94 bits per heavy atom. The number of rotatable bonds is 4. The fourth-order valence-electron chi connectivity index (χ4n) is 2.21. The molecule has 0 radical (unpaired) electrons. The molecule has 3 heteroatoms. The van der Waals surface area contributed by atoms with Crippen LogP contribution in [0.1, 0.15) is 45.8 Å². The van der Waals surface area contributed by atoms with Gasteiger partial charge in [0.1, 0.15) is 0 Å². The van der Waals surface area contributed by atoms with Crippen LogP contribution in [-0.2, 0) is 4.74 Å². The van der Waals surface area contributed by atoms with Crippen molar-refractivity contribution in [1.82, 2.24) is 0 Å². The maximum Gasteiger partial charge on any atom is 0.164 e. The van der Waals surface area contributed by atoms with Gasteiger partial charge in [-0.1, -0.05) is 0 Å². The first kappa shape index (κ1) is 11.8. The third-order valence-corrected chi connectivity index (χ3v) is 4.02. The summed E-state index contributed by atoms with van der Waals surface area (Å²) in [6.07, 6.45) is 4.10. The summed E-state index contributed by atoms with van der Waals surface area (Å²) < 4.78 is 5.53. The first-order valence-electron chi connectivity index (χ1n) is 5.88. The van der Waals surface area contributed by atoms with E-state index in [1.807, 2.05) is 13.0 Å². The Labute approximate surface area is 101 Å². The molecular weight excluding hydrogens is 220 g/mol. The van der Waals surface area contributed by atoms with Gasteiger partial charge in [-0.2, -0.15) is 0 Å². The van der Waals surface area contributed by atoms with Crippen molar-refractivity contribution < 1.29 is 9.53 Å². The summed E-state index contributed by atoms with van der Waals surface area (Å²) in [5.41, 5.74) is 0.917. The lowest BCUT2D eigenvalue weighted by molar-refractivity contribution is 0.0859. The molecular formula is C13H18O2S. The average molecular weight is 238 g/mol. The van der Waals surface area contributed by atoms with Crippen molar-refractivity contribution in [2.24, 2.45) is 0 Å². The van der Waals surface area contributed by atoms with E-state index in [9.17, 15) is 4.79 Å². The lowest BCUT2D eigenvalue weighted by Crippen LogP contribution is -2.08. The minimum Gasteiger partial charge on any atom is -0.378 e. The largest absolute Gasteiger partial charge is 0.378 e. The second-order valence-corrected chi connectivity index (χ2v) is 5.88. The van der Waals surface area contributed by atoms with Crippen LogP contribution in [0.5, 0.6) is 0 Å². The predicted molar refractivity (Wildman–Crippen MR) is 66.3 cm³/mol. The first-order valence-corrected chi connectivity index (χ1v) is 6.70. The summed E-state index contributed by atoms with van der Waals surface area (Å²) in [5.74, 6) is 0.275. The summed E-state index contributed by atoms with van der Waals surface area (Å²) >= 11 is 1.70. The van der Waals surface area contributed by atoms with Gasteiger partial charge in [0.05, 0.1) is 6.10 Å². The number of Topliss-reactive ketones (excluding diaryl/α,β-unsaturated/α-hetero) is 1. The number of thiophene rings is 1. The van der Waals surface area contributed by atoms with Gasteiger partial charge in [0.15, 0.2) is 5.78 Å². The Kier molecular flexibility index (Phi) is 3.77. The monoisotopic (exact) mass is 238 g/mol. The Bertz CT molecular complexity index is 375. The molecule has 1 fully saturated rings. The molecule has 1 aromatic rings. The topological polar surface area (TPSA) is 26.3 Å². The highest BCUT2D eigenvalue weighted by Crippen LogP contribution is 2.24. The molecule has 0 aromatic carbocycles. The number of ether oxygens (including phenoxy) is 1. The number of aryl methyl sites for hydroxylation is 2. The van der Waals surface area contributed by atoms with E-state index >= 15 is 0 Å². The van der Waals surface area contributed by atoms with Crippen LogP contribution in [0.3, 0.4) is 0 Å². The molecule has 1 atom stereocenters. The standard InChI is InChI=1S/C13H18O2S/c1-9-8-12(10(2)16-9)13(14)6-5-11-4-3-7-15-11/h8,11H,3-7H2,1-2H3. The van der Waals surface area contributed by atoms with Crippen molar-refractivity contribution in [3.63, 3.8) is 0 Å². The molecule has 1 aliphatic heterocycles. The number of ketones is 1. The molecule has 0 bridgehead atoms. The molecule has 0 amide bonds. The fraction of sp³-hybridized carbons (Fsp3) is 0.615. The molecule has 88 valence electrons. The fourth-order valence-corrected chi connectivity index (χ4v) is 3.15. The third kappa shape index (κ3) is 2.71. The number of hydrogen-bond acceptors (Lipinski definition) is 3. The SMILES string of the molecule is Cc1cc(C(=O)CCC2CCCO2)c(C)s1. The van der Waals surface area contributed by atoms with E-state index in [0.717, 1.165) is 36.3 Å². The summed E-state index contributed by atoms with van der Waals surface area (Å²) in [5, 5.41) is 0. The van der Waals surface area contributed by atoms with Gasteiger partial charge in [0.2, 0.25) is 0 Å². The summed E-state index contributed by atoms with van der Waals surface area (Å²) in [6.45, 7) is 4.95. The smallest absolute Gasteiger partial charge is 0.164 e. The zero-order valence-corrected chi connectivity index (χ0v) is 10.7. The van der Waals surface area contributed by atoms with Gasteiger partial charge in [-0.15, -0.1) is 11.3 Å². The van der Waals surface area contributed by atoms with Crippen molar-refractivity contribution in [3.8, 4) is 0 Å². The predicted octanol–water partition coefficient (Wildman–Crippen LogP) is 3.51. The van der Waals surface area contributed by atoms with Crippen molar-refractivity contribution in [2.45, 2.75) is 45.6 Å². The highest BCUT2D eigenvalue weighted by Gasteiger charge is 2.18. The van der Waals surface area contributed by atoms with Crippen LogP contribution in [0, 0.1) is 13.8 Å². The summed E-state index contributed by atoms with van der Waals surface area (Å²) in [7, 11) is 0.